The fraction of sp³-hybridized carbons (Fsp3) is 0.250. The Balaban J connectivity index is 1.65. The van der Waals surface area contributed by atoms with E-state index in [1.807, 2.05) is 44.2 Å². The second-order valence-corrected chi connectivity index (χ2v) is 6.14. The van der Waals surface area contributed by atoms with E-state index in [0.29, 0.717) is 17.2 Å². The molecule has 0 fully saturated rings. The Morgan fingerprint density at radius 2 is 1.96 bits per heavy atom. The minimum atomic E-state index is -0.713. The van der Waals surface area contributed by atoms with Crippen molar-refractivity contribution in [2.24, 2.45) is 0 Å². The highest BCUT2D eigenvalue weighted by Crippen LogP contribution is 2.17. The number of nitrogens with zero attached hydrogens (tertiary/aromatic N) is 4. The molecule has 0 spiro atoms. The van der Waals surface area contributed by atoms with E-state index in [0.717, 1.165) is 16.9 Å². The molecule has 0 bridgehead atoms. The number of hydrogen-bond donors (Lipinski definition) is 1. The van der Waals surface area contributed by atoms with Gasteiger partial charge in [0.2, 0.25) is 0 Å². The Hall–Kier alpha value is -3.17. The fourth-order valence-corrected chi connectivity index (χ4v) is 2.52. The maximum Gasteiger partial charge on any atom is 0.181 e. The molecule has 0 aliphatic carbocycles. The summed E-state index contributed by atoms with van der Waals surface area (Å²) in [5, 5.41) is 23.7. The molecule has 2 aromatic carbocycles. The highest BCUT2D eigenvalue weighted by molar-refractivity contribution is 5.57. The molecule has 0 saturated carbocycles. The number of hydrogen-bond acceptors (Lipinski definition) is 5. The van der Waals surface area contributed by atoms with Crippen molar-refractivity contribution in [2.45, 2.75) is 26.5 Å². The molecule has 1 unspecified atom stereocenters. The van der Waals surface area contributed by atoms with Crippen molar-refractivity contribution < 1.29 is 9.84 Å². The molecular formula is C20H20N4O2. The Labute approximate surface area is 152 Å². The Morgan fingerprint density at radius 1 is 1.19 bits per heavy atom. The van der Waals surface area contributed by atoms with E-state index in [-0.39, 0.29) is 13.2 Å². The van der Waals surface area contributed by atoms with Crippen LogP contribution in [-0.4, -0.2) is 32.6 Å². The van der Waals surface area contributed by atoms with Crippen LogP contribution in [-0.2, 0) is 6.54 Å². The molecule has 26 heavy (non-hydrogen) atoms. The minimum absolute atomic E-state index is 0.168. The lowest BCUT2D eigenvalue weighted by Crippen LogP contribution is -2.24. The molecule has 3 aromatic rings. The van der Waals surface area contributed by atoms with Crippen LogP contribution in [0.25, 0.3) is 11.4 Å². The van der Waals surface area contributed by atoms with Crippen molar-refractivity contribution >= 4 is 0 Å². The van der Waals surface area contributed by atoms with E-state index in [9.17, 15) is 5.11 Å². The zero-order valence-corrected chi connectivity index (χ0v) is 14.8. The van der Waals surface area contributed by atoms with E-state index in [4.69, 9.17) is 10.00 Å². The summed E-state index contributed by atoms with van der Waals surface area (Å²) in [6, 6.07) is 16.9. The summed E-state index contributed by atoms with van der Waals surface area (Å²) >= 11 is 0. The van der Waals surface area contributed by atoms with Gasteiger partial charge < -0.3 is 9.84 Å². The van der Waals surface area contributed by atoms with Gasteiger partial charge in [0.1, 0.15) is 24.3 Å². The summed E-state index contributed by atoms with van der Waals surface area (Å²) in [4.78, 5) is 4.43. The standard InChI is InChI=1S/C20H20N4O2/c1-14-6-8-19(9-7-14)26-13-18(25)12-24-15(2)22-20(23-24)17-5-3-4-16(10-17)11-21/h3-10,18,25H,12-13H2,1-2H3. The van der Waals surface area contributed by atoms with Gasteiger partial charge in [-0.05, 0) is 38.1 Å². The number of ether oxygens (including phenoxy) is 1. The van der Waals surface area contributed by atoms with Crippen molar-refractivity contribution in [2.75, 3.05) is 6.61 Å². The van der Waals surface area contributed by atoms with Gasteiger partial charge in [0.05, 0.1) is 18.2 Å². The van der Waals surface area contributed by atoms with Gasteiger partial charge in [-0.15, -0.1) is 0 Å². The number of nitriles is 1. The van der Waals surface area contributed by atoms with Gasteiger partial charge in [-0.1, -0.05) is 29.8 Å². The van der Waals surface area contributed by atoms with Gasteiger partial charge in [0, 0.05) is 5.56 Å². The first-order chi connectivity index (χ1) is 12.5. The Morgan fingerprint density at radius 3 is 2.69 bits per heavy atom. The third kappa shape index (κ3) is 4.26. The van der Waals surface area contributed by atoms with Gasteiger partial charge in [0.25, 0.3) is 0 Å². The van der Waals surface area contributed by atoms with E-state index in [1.54, 1.807) is 22.9 Å². The quantitative estimate of drug-likeness (QED) is 0.740. The van der Waals surface area contributed by atoms with Crippen LogP contribution < -0.4 is 4.74 Å². The third-order valence-corrected chi connectivity index (χ3v) is 3.95. The zero-order chi connectivity index (χ0) is 18.5. The molecule has 0 aliphatic rings. The zero-order valence-electron chi connectivity index (χ0n) is 14.8. The van der Waals surface area contributed by atoms with Crippen LogP contribution in [0, 0.1) is 25.2 Å². The predicted molar refractivity (Wildman–Crippen MR) is 97.6 cm³/mol. The van der Waals surface area contributed by atoms with Gasteiger partial charge in [-0.3, -0.25) is 0 Å². The summed E-state index contributed by atoms with van der Waals surface area (Å²) in [6.45, 7) is 4.29. The molecule has 1 N–H and O–H groups in total. The van der Waals surface area contributed by atoms with Crippen LogP contribution in [0.4, 0.5) is 0 Å². The van der Waals surface area contributed by atoms with Crippen molar-refractivity contribution in [1.82, 2.24) is 14.8 Å². The fourth-order valence-electron chi connectivity index (χ4n) is 2.52. The summed E-state index contributed by atoms with van der Waals surface area (Å²) in [5.41, 5.74) is 2.49. The molecule has 1 heterocycles. The second-order valence-electron chi connectivity index (χ2n) is 6.14. The topological polar surface area (TPSA) is 84.0 Å². The molecule has 1 aromatic heterocycles. The largest absolute Gasteiger partial charge is 0.491 e. The monoisotopic (exact) mass is 348 g/mol. The van der Waals surface area contributed by atoms with E-state index in [1.165, 1.54) is 0 Å². The molecule has 3 rings (SSSR count). The maximum atomic E-state index is 10.2. The van der Waals surface area contributed by atoms with Crippen LogP contribution in [0.5, 0.6) is 5.75 Å². The van der Waals surface area contributed by atoms with Crippen molar-refractivity contribution in [3.8, 4) is 23.2 Å². The molecule has 0 saturated heterocycles. The van der Waals surface area contributed by atoms with Crippen LogP contribution in [0.3, 0.4) is 0 Å². The first-order valence-corrected chi connectivity index (χ1v) is 8.34. The van der Waals surface area contributed by atoms with Crippen LogP contribution in [0.2, 0.25) is 0 Å². The summed E-state index contributed by atoms with van der Waals surface area (Å²) in [6.07, 6.45) is -0.713. The molecular weight excluding hydrogens is 328 g/mol. The van der Waals surface area contributed by atoms with Gasteiger partial charge in [-0.25, -0.2) is 9.67 Å². The number of aliphatic hydroxyl groups excluding tert-OH is 1. The highest BCUT2D eigenvalue weighted by Gasteiger charge is 2.13. The number of benzene rings is 2. The molecule has 1 atom stereocenters. The maximum absolute atomic E-state index is 10.2. The second kappa shape index (κ2) is 7.81. The summed E-state index contributed by atoms with van der Waals surface area (Å²) in [5.74, 6) is 1.95. The molecule has 0 aliphatic heterocycles. The first kappa shape index (κ1) is 17.6. The van der Waals surface area contributed by atoms with Crippen molar-refractivity contribution in [3.63, 3.8) is 0 Å². The third-order valence-electron chi connectivity index (χ3n) is 3.95. The summed E-state index contributed by atoms with van der Waals surface area (Å²) in [7, 11) is 0. The smallest absolute Gasteiger partial charge is 0.181 e. The lowest BCUT2D eigenvalue weighted by Gasteiger charge is -2.13. The molecule has 6 nitrogen and oxygen atoms in total. The lowest BCUT2D eigenvalue weighted by molar-refractivity contribution is 0.0887. The average Bonchev–Trinajstić information content (AvgIpc) is 3.02. The predicted octanol–water partition coefficient (Wildman–Crippen LogP) is 2.87. The Bertz CT molecular complexity index is 926. The molecule has 0 radical (unpaired) electrons. The molecule has 6 heteroatoms. The van der Waals surface area contributed by atoms with Gasteiger partial charge >= 0.3 is 0 Å². The van der Waals surface area contributed by atoms with Gasteiger partial charge in [-0.2, -0.15) is 10.4 Å². The molecule has 0 amide bonds. The highest BCUT2D eigenvalue weighted by atomic mass is 16.5. The minimum Gasteiger partial charge on any atom is -0.491 e. The van der Waals surface area contributed by atoms with E-state index in [2.05, 4.69) is 16.2 Å². The van der Waals surface area contributed by atoms with Gasteiger partial charge in [0.15, 0.2) is 5.82 Å². The summed E-state index contributed by atoms with van der Waals surface area (Å²) < 4.78 is 7.26. The number of aromatic nitrogens is 3. The first-order valence-electron chi connectivity index (χ1n) is 8.34. The molecule has 132 valence electrons. The number of aryl methyl sites for hydroxylation is 2. The lowest BCUT2D eigenvalue weighted by atomic mass is 10.1. The van der Waals surface area contributed by atoms with Crippen LogP contribution >= 0.6 is 0 Å². The normalized spacial score (nSPS) is 11.8. The van der Waals surface area contributed by atoms with Crippen LogP contribution in [0.15, 0.2) is 48.5 Å². The Kier molecular flexibility index (Phi) is 5.30. The van der Waals surface area contributed by atoms with Crippen LogP contribution in [0.1, 0.15) is 17.0 Å². The van der Waals surface area contributed by atoms with Crippen molar-refractivity contribution in [3.05, 3.63) is 65.5 Å². The van der Waals surface area contributed by atoms with E-state index < -0.39 is 6.10 Å². The average molecular weight is 348 g/mol. The van der Waals surface area contributed by atoms with E-state index >= 15 is 0 Å². The number of rotatable bonds is 6. The SMILES string of the molecule is Cc1ccc(OCC(O)Cn2nc(-c3cccc(C#N)c3)nc2C)cc1. The number of aliphatic hydroxyl groups is 1. The van der Waals surface area contributed by atoms with Crippen molar-refractivity contribution in [1.29, 1.82) is 5.26 Å².